The van der Waals surface area contributed by atoms with E-state index in [9.17, 15) is 13.2 Å². The fourth-order valence-corrected chi connectivity index (χ4v) is 4.18. The smallest absolute Gasteiger partial charge is 0.244 e. The van der Waals surface area contributed by atoms with E-state index in [0.29, 0.717) is 18.7 Å². The van der Waals surface area contributed by atoms with Crippen LogP contribution >= 0.6 is 0 Å². The van der Waals surface area contributed by atoms with Crippen molar-refractivity contribution in [2.75, 3.05) is 17.7 Å². The Morgan fingerprint density at radius 2 is 1.75 bits per heavy atom. The van der Waals surface area contributed by atoms with Crippen molar-refractivity contribution in [2.24, 2.45) is 0 Å². The SMILES string of the molecule is CC[C@H](C(=O)NCc1ccc(OC)cc1)N(c1ccc(C)c(C)c1)S(C)(=O)=O. The average molecular weight is 405 g/mol. The molecule has 1 amide bonds. The number of rotatable bonds is 8. The summed E-state index contributed by atoms with van der Waals surface area (Å²) in [5.41, 5.74) is 3.44. The molecule has 152 valence electrons. The molecule has 0 aromatic heterocycles. The topological polar surface area (TPSA) is 75.7 Å². The highest BCUT2D eigenvalue weighted by atomic mass is 32.2. The van der Waals surface area contributed by atoms with Crippen LogP contribution in [0.5, 0.6) is 5.75 Å². The Morgan fingerprint density at radius 3 is 2.25 bits per heavy atom. The Kier molecular flexibility index (Phi) is 7.07. The molecule has 0 bridgehead atoms. The lowest BCUT2D eigenvalue weighted by Gasteiger charge is -2.30. The highest BCUT2D eigenvalue weighted by molar-refractivity contribution is 7.92. The van der Waals surface area contributed by atoms with E-state index in [1.54, 1.807) is 26.2 Å². The van der Waals surface area contributed by atoms with Crippen LogP contribution in [-0.2, 0) is 21.4 Å². The minimum absolute atomic E-state index is 0.309. The van der Waals surface area contributed by atoms with Gasteiger partial charge in [0.25, 0.3) is 0 Å². The molecule has 0 heterocycles. The van der Waals surface area contributed by atoms with Crippen LogP contribution in [0.3, 0.4) is 0 Å². The number of nitrogens with one attached hydrogen (secondary N) is 1. The first-order valence-corrected chi connectivity index (χ1v) is 11.0. The zero-order valence-electron chi connectivity index (χ0n) is 17.0. The van der Waals surface area contributed by atoms with Gasteiger partial charge < -0.3 is 10.1 Å². The van der Waals surface area contributed by atoms with Crippen molar-refractivity contribution in [3.05, 3.63) is 59.2 Å². The molecule has 0 aliphatic carbocycles. The highest BCUT2D eigenvalue weighted by Crippen LogP contribution is 2.25. The number of hydrogen-bond acceptors (Lipinski definition) is 4. The van der Waals surface area contributed by atoms with Crippen molar-refractivity contribution in [1.29, 1.82) is 0 Å². The lowest BCUT2D eigenvalue weighted by Crippen LogP contribution is -2.49. The Hall–Kier alpha value is -2.54. The van der Waals surface area contributed by atoms with Crippen LogP contribution in [0.2, 0.25) is 0 Å². The van der Waals surface area contributed by atoms with Crippen LogP contribution in [0.4, 0.5) is 5.69 Å². The molecule has 0 radical (unpaired) electrons. The van der Waals surface area contributed by atoms with Crippen LogP contribution in [0.25, 0.3) is 0 Å². The van der Waals surface area contributed by atoms with Crippen LogP contribution in [0.15, 0.2) is 42.5 Å². The lowest BCUT2D eigenvalue weighted by molar-refractivity contribution is -0.122. The molecule has 6 nitrogen and oxygen atoms in total. The summed E-state index contributed by atoms with van der Waals surface area (Å²) in [6, 6.07) is 11.9. The van der Waals surface area contributed by atoms with E-state index in [-0.39, 0.29) is 5.91 Å². The van der Waals surface area contributed by atoms with Gasteiger partial charge in [0, 0.05) is 6.54 Å². The van der Waals surface area contributed by atoms with E-state index in [0.717, 1.165) is 28.7 Å². The van der Waals surface area contributed by atoms with E-state index in [1.165, 1.54) is 4.31 Å². The molecular weight excluding hydrogens is 376 g/mol. The van der Waals surface area contributed by atoms with Crippen molar-refractivity contribution in [2.45, 2.75) is 39.8 Å². The monoisotopic (exact) mass is 404 g/mol. The van der Waals surface area contributed by atoms with Crippen LogP contribution in [-0.4, -0.2) is 33.7 Å². The first-order chi connectivity index (χ1) is 13.2. The molecule has 0 aliphatic heterocycles. The lowest BCUT2D eigenvalue weighted by atomic mass is 10.1. The molecule has 0 saturated heterocycles. The van der Waals surface area contributed by atoms with Crippen molar-refractivity contribution >= 4 is 21.6 Å². The maximum absolute atomic E-state index is 12.8. The quantitative estimate of drug-likeness (QED) is 0.733. The van der Waals surface area contributed by atoms with Crippen molar-refractivity contribution in [3.63, 3.8) is 0 Å². The van der Waals surface area contributed by atoms with Crippen molar-refractivity contribution < 1.29 is 17.9 Å². The Morgan fingerprint density at radius 1 is 1.11 bits per heavy atom. The number of carbonyl (C=O) groups is 1. The fourth-order valence-electron chi connectivity index (χ4n) is 2.97. The molecule has 1 atom stereocenters. The number of ether oxygens (including phenoxy) is 1. The standard InChI is InChI=1S/C21H28N2O4S/c1-6-20(21(24)22-14-17-8-11-19(27-4)12-9-17)23(28(5,25)26)18-10-7-15(2)16(3)13-18/h7-13,20H,6,14H2,1-5H3,(H,22,24)/t20-/m1/s1. The number of carbonyl (C=O) groups excluding carboxylic acids is 1. The summed E-state index contributed by atoms with van der Waals surface area (Å²) in [6.45, 7) is 5.99. The molecule has 2 rings (SSSR count). The third-order valence-electron chi connectivity index (χ3n) is 4.70. The maximum atomic E-state index is 12.8. The van der Waals surface area contributed by atoms with Crippen LogP contribution in [0, 0.1) is 13.8 Å². The minimum Gasteiger partial charge on any atom is -0.497 e. The number of anilines is 1. The second-order valence-electron chi connectivity index (χ2n) is 6.82. The molecule has 0 fully saturated rings. The van der Waals surface area contributed by atoms with Gasteiger partial charge >= 0.3 is 0 Å². The average Bonchev–Trinajstić information content (AvgIpc) is 2.66. The third-order valence-corrected chi connectivity index (χ3v) is 5.88. The van der Waals surface area contributed by atoms with Gasteiger partial charge in [0.2, 0.25) is 15.9 Å². The summed E-state index contributed by atoms with van der Waals surface area (Å²) in [6.07, 6.45) is 1.48. The van der Waals surface area contributed by atoms with Crippen LogP contribution < -0.4 is 14.4 Å². The predicted octanol–water partition coefficient (Wildman–Crippen LogP) is 3.17. The van der Waals surface area contributed by atoms with Crippen molar-refractivity contribution in [1.82, 2.24) is 5.32 Å². The van der Waals surface area contributed by atoms with E-state index >= 15 is 0 Å². The van der Waals surface area contributed by atoms with Crippen LogP contribution in [0.1, 0.15) is 30.0 Å². The summed E-state index contributed by atoms with van der Waals surface area (Å²) >= 11 is 0. The first-order valence-electron chi connectivity index (χ1n) is 9.14. The number of amides is 1. The number of methoxy groups -OCH3 is 1. The minimum atomic E-state index is -3.64. The molecule has 2 aromatic carbocycles. The molecule has 2 aromatic rings. The predicted molar refractivity (Wildman–Crippen MR) is 112 cm³/mol. The third kappa shape index (κ3) is 5.25. The molecule has 1 N–H and O–H groups in total. The zero-order chi connectivity index (χ0) is 20.9. The number of nitrogens with zero attached hydrogens (tertiary/aromatic N) is 1. The van der Waals surface area contributed by atoms with Gasteiger partial charge in [-0.05, 0) is 61.2 Å². The van der Waals surface area contributed by atoms with Gasteiger partial charge in [-0.3, -0.25) is 9.10 Å². The van der Waals surface area contributed by atoms with E-state index < -0.39 is 16.1 Å². The number of sulfonamides is 1. The van der Waals surface area contributed by atoms with Gasteiger partial charge in [0.15, 0.2) is 0 Å². The van der Waals surface area contributed by atoms with Gasteiger partial charge in [-0.1, -0.05) is 25.1 Å². The van der Waals surface area contributed by atoms with Gasteiger partial charge in [0.1, 0.15) is 11.8 Å². The highest BCUT2D eigenvalue weighted by Gasteiger charge is 2.31. The summed E-state index contributed by atoms with van der Waals surface area (Å²) < 4.78 is 31.4. The second kappa shape index (κ2) is 9.10. The summed E-state index contributed by atoms with van der Waals surface area (Å²) in [7, 11) is -2.05. The van der Waals surface area contributed by atoms with E-state index in [4.69, 9.17) is 4.74 Å². The fraction of sp³-hybridized carbons (Fsp3) is 0.381. The summed E-state index contributed by atoms with van der Waals surface area (Å²) in [5.74, 6) is 0.404. The van der Waals surface area contributed by atoms with E-state index in [1.807, 2.05) is 44.2 Å². The summed E-state index contributed by atoms with van der Waals surface area (Å²) in [5, 5.41) is 2.85. The van der Waals surface area contributed by atoms with Gasteiger partial charge in [-0.15, -0.1) is 0 Å². The van der Waals surface area contributed by atoms with Gasteiger partial charge in [0.05, 0.1) is 19.1 Å². The Balaban J connectivity index is 2.24. The molecule has 0 spiro atoms. The summed E-state index contributed by atoms with van der Waals surface area (Å²) in [4.78, 5) is 12.8. The van der Waals surface area contributed by atoms with Gasteiger partial charge in [-0.2, -0.15) is 0 Å². The Bertz CT molecular complexity index is 924. The molecule has 0 saturated carbocycles. The van der Waals surface area contributed by atoms with Crippen molar-refractivity contribution in [3.8, 4) is 5.75 Å². The second-order valence-corrected chi connectivity index (χ2v) is 8.68. The molecule has 0 unspecified atom stereocenters. The molecule has 0 aliphatic rings. The Labute approximate surface area is 167 Å². The van der Waals surface area contributed by atoms with Gasteiger partial charge in [-0.25, -0.2) is 8.42 Å². The maximum Gasteiger partial charge on any atom is 0.244 e. The number of aryl methyl sites for hydroxylation is 2. The van der Waals surface area contributed by atoms with E-state index in [2.05, 4.69) is 5.32 Å². The zero-order valence-corrected chi connectivity index (χ0v) is 17.8. The molecular formula is C21H28N2O4S. The number of benzene rings is 2. The number of hydrogen-bond donors (Lipinski definition) is 1. The normalized spacial score (nSPS) is 12.3. The molecule has 7 heteroatoms. The first kappa shape index (κ1) is 21.8. The largest absolute Gasteiger partial charge is 0.497 e. The molecule has 28 heavy (non-hydrogen) atoms.